The molecule has 2 aromatic rings. The molecule has 2 rings (SSSR count). The molecule has 2 N–H and O–H groups in total. The standard InChI is InChI=1S/C17H19BrN2O5S/c1-3-26(22,23)20-15-9-6-13(10-16(15)24-2)19-17(21)11-25-14-7-4-12(18)5-8-14/h4-10,20H,3,11H2,1-2H3,(H,19,21). The lowest BCUT2D eigenvalue weighted by Crippen LogP contribution is -2.20. The number of rotatable bonds is 8. The Balaban J connectivity index is 2.00. The highest BCUT2D eigenvalue weighted by Gasteiger charge is 2.13. The van der Waals surface area contributed by atoms with Gasteiger partial charge >= 0.3 is 0 Å². The Morgan fingerprint density at radius 1 is 1.15 bits per heavy atom. The minimum absolute atomic E-state index is 0.0535. The Bertz CT molecular complexity index is 869. The first kappa shape index (κ1) is 20.1. The smallest absolute Gasteiger partial charge is 0.262 e. The number of halogens is 1. The lowest BCUT2D eigenvalue weighted by molar-refractivity contribution is -0.118. The maximum atomic E-state index is 12.0. The van der Waals surface area contributed by atoms with E-state index in [0.717, 1.165) is 4.47 Å². The molecule has 0 fully saturated rings. The molecule has 0 spiro atoms. The third kappa shape index (κ3) is 5.92. The molecule has 0 saturated heterocycles. The van der Waals surface area contributed by atoms with Crippen molar-refractivity contribution in [3.63, 3.8) is 0 Å². The van der Waals surface area contributed by atoms with E-state index in [4.69, 9.17) is 9.47 Å². The third-order valence-corrected chi connectivity index (χ3v) is 5.13. The monoisotopic (exact) mass is 442 g/mol. The van der Waals surface area contributed by atoms with Crippen molar-refractivity contribution in [1.82, 2.24) is 0 Å². The number of ether oxygens (including phenoxy) is 2. The lowest BCUT2D eigenvalue weighted by Gasteiger charge is -2.13. The molecule has 2 aromatic carbocycles. The topological polar surface area (TPSA) is 93.7 Å². The maximum absolute atomic E-state index is 12.0. The van der Waals surface area contributed by atoms with E-state index in [9.17, 15) is 13.2 Å². The predicted molar refractivity (Wildman–Crippen MR) is 104 cm³/mol. The molecule has 26 heavy (non-hydrogen) atoms. The molecule has 1 amide bonds. The summed E-state index contributed by atoms with van der Waals surface area (Å²) in [6.07, 6.45) is 0. The third-order valence-electron chi connectivity index (χ3n) is 3.31. The summed E-state index contributed by atoms with van der Waals surface area (Å²) in [6.45, 7) is 1.38. The van der Waals surface area contributed by atoms with E-state index < -0.39 is 10.0 Å². The van der Waals surface area contributed by atoms with E-state index in [0.29, 0.717) is 22.9 Å². The largest absolute Gasteiger partial charge is 0.494 e. The SMILES string of the molecule is CCS(=O)(=O)Nc1ccc(NC(=O)COc2ccc(Br)cc2)cc1OC. The van der Waals surface area contributed by atoms with Gasteiger partial charge in [0, 0.05) is 16.2 Å². The molecule has 0 saturated carbocycles. The summed E-state index contributed by atoms with van der Waals surface area (Å²) < 4.78 is 37.3. The van der Waals surface area contributed by atoms with Crippen molar-refractivity contribution in [3.05, 3.63) is 46.9 Å². The van der Waals surface area contributed by atoms with E-state index in [1.165, 1.54) is 26.2 Å². The van der Waals surface area contributed by atoms with Crippen LogP contribution in [0.15, 0.2) is 46.9 Å². The van der Waals surface area contributed by atoms with Crippen molar-refractivity contribution < 1.29 is 22.7 Å². The number of amides is 1. The number of anilines is 2. The van der Waals surface area contributed by atoms with E-state index in [1.54, 1.807) is 18.2 Å². The number of hydrogen-bond donors (Lipinski definition) is 2. The highest BCUT2D eigenvalue weighted by Crippen LogP contribution is 2.28. The molecule has 0 aromatic heterocycles. The molecule has 0 heterocycles. The van der Waals surface area contributed by atoms with Crippen LogP contribution in [0.3, 0.4) is 0 Å². The first-order chi connectivity index (χ1) is 12.3. The van der Waals surface area contributed by atoms with Gasteiger partial charge in [-0.05, 0) is 43.3 Å². The van der Waals surface area contributed by atoms with Crippen LogP contribution in [0, 0.1) is 0 Å². The van der Waals surface area contributed by atoms with Crippen molar-refractivity contribution in [3.8, 4) is 11.5 Å². The Hall–Kier alpha value is -2.26. The summed E-state index contributed by atoms with van der Waals surface area (Å²) in [5.41, 5.74) is 0.768. The molecule has 140 valence electrons. The van der Waals surface area contributed by atoms with Gasteiger partial charge in [0.15, 0.2) is 6.61 Å². The highest BCUT2D eigenvalue weighted by atomic mass is 79.9. The molecule has 0 aliphatic rings. The van der Waals surface area contributed by atoms with Crippen molar-refractivity contribution in [2.75, 3.05) is 29.5 Å². The first-order valence-corrected chi connectivity index (χ1v) is 10.1. The summed E-state index contributed by atoms with van der Waals surface area (Å²) in [4.78, 5) is 12.0. The van der Waals surface area contributed by atoms with Gasteiger partial charge in [-0.25, -0.2) is 8.42 Å². The molecule has 0 radical (unpaired) electrons. The second kappa shape index (κ2) is 8.91. The zero-order valence-electron chi connectivity index (χ0n) is 14.3. The van der Waals surface area contributed by atoms with Gasteiger partial charge in [0.2, 0.25) is 10.0 Å². The van der Waals surface area contributed by atoms with Crippen LogP contribution in [0.1, 0.15) is 6.92 Å². The number of hydrogen-bond acceptors (Lipinski definition) is 5. The molecule has 0 aliphatic heterocycles. The Morgan fingerprint density at radius 2 is 1.85 bits per heavy atom. The van der Waals surface area contributed by atoms with E-state index in [2.05, 4.69) is 26.0 Å². The number of methoxy groups -OCH3 is 1. The van der Waals surface area contributed by atoms with Crippen LogP contribution in [0.4, 0.5) is 11.4 Å². The predicted octanol–water partition coefficient (Wildman–Crippen LogP) is 3.24. The van der Waals surface area contributed by atoms with Crippen molar-refractivity contribution in [2.45, 2.75) is 6.92 Å². The van der Waals surface area contributed by atoms with Crippen LogP contribution in [0.5, 0.6) is 11.5 Å². The molecular weight excluding hydrogens is 424 g/mol. The van der Waals surface area contributed by atoms with Gasteiger partial charge in [-0.2, -0.15) is 0 Å². The Morgan fingerprint density at radius 3 is 2.46 bits per heavy atom. The fourth-order valence-electron chi connectivity index (χ4n) is 1.97. The number of carbonyl (C=O) groups is 1. The first-order valence-electron chi connectivity index (χ1n) is 7.69. The maximum Gasteiger partial charge on any atom is 0.262 e. The van der Waals surface area contributed by atoms with Crippen molar-refractivity contribution in [2.24, 2.45) is 0 Å². The lowest BCUT2D eigenvalue weighted by atomic mass is 10.2. The van der Waals surface area contributed by atoms with E-state index >= 15 is 0 Å². The van der Waals surface area contributed by atoms with Gasteiger partial charge in [-0.1, -0.05) is 15.9 Å². The van der Waals surface area contributed by atoms with Gasteiger partial charge in [0.25, 0.3) is 5.91 Å². The molecule has 7 nitrogen and oxygen atoms in total. The molecule has 9 heteroatoms. The molecule has 0 aliphatic carbocycles. The van der Waals surface area contributed by atoms with E-state index in [-0.39, 0.29) is 18.3 Å². The second-order valence-corrected chi connectivity index (χ2v) is 8.14. The average molecular weight is 443 g/mol. The number of nitrogens with one attached hydrogen (secondary N) is 2. The quantitative estimate of drug-likeness (QED) is 0.654. The van der Waals surface area contributed by atoms with Crippen molar-refractivity contribution in [1.29, 1.82) is 0 Å². The summed E-state index contributed by atoms with van der Waals surface area (Å²) >= 11 is 3.32. The summed E-state index contributed by atoms with van der Waals surface area (Å²) in [6, 6.07) is 11.8. The van der Waals surface area contributed by atoms with E-state index in [1.807, 2.05) is 12.1 Å². The van der Waals surface area contributed by atoms with Gasteiger partial charge < -0.3 is 14.8 Å². The summed E-state index contributed by atoms with van der Waals surface area (Å²) in [5.74, 6) is 0.470. The zero-order chi connectivity index (χ0) is 19.2. The molecule has 0 unspecified atom stereocenters. The van der Waals surface area contributed by atoms with Gasteiger partial charge in [-0.3, -0.25) is 9.52 Å². The van der Waals surface area contributed by atoms with Gasteiger partial charge in [0.05, 0.1) is 18.6 Å². The average Bonchev–Trinajstić information content (AvgIpc) is 2.62. The second-order valence-electron chi connectivity index (χ2n) is 5.21. The zero-order valence-corrected chi connectivity index (χ0v) is 16.7. The van der Waals surface area contributed by atoms with Crippen LogP contribution < -0.4 is 19.5 Å². The fraction of sp³-hybridized carbons (Fsp3) is 0.235. The number of sulfonamides is 1. The molecular formula is C17H19BrN2O5S. The van der Waals surface area contributed by atoms with Crippen molar-refractivity contribution >= 4 is 43.2 Å². The van der Waals surface area contributed by atoms with Gasteiger partial charge in [-0.15, -0.1) is 0 Å². The summed E-state index contributed by atoms with van der Waals surface area (Å²) in [5, 5.41) is 2.67. The van der Waals surface area contributed by atoms with Crippen LogP contribution in [0.2, 0.25) is 0 Å². The van der Waals surface area contributed by atoms with Crippen LogP contribution in [0.25, 0.3) is 0 Å². The highest BCUT2D eigenvalue weighted by molar-refractivity contribution is 9.10. The van der Waals surface area contributed by atoms with Gasteiger partial charge in [0.1, 0.15) is 11.5 Å². The molecule has 0 bridgehead atoms. The minimum atomic E-state index is -3.42. The fourth-order valence-corrected chi connectivity index (χ4v) is 2.88. The summed E-state index contributed by atoms with van der Waals surface area (Å²) in [7, 11) is -2.01. The Kier molecular flexibility index (Phi) is 6.87. The number of carbonyl (C=O) groups excluding carboxylic acids is 1. The normalized spacial score (nSPS) is 10.9. The van der Waals surface area contributed by atoms with Crippen LogP contribution in [-0.4, -0.2) is 33.8 Å². The molecule has 0 atom stereocenters. The van der Waals surface area contributed by atoms with Crippen LogP contribution in [-0.2, 0) is 14.8 Å². The minimum Gasteiger partial charge on any atom is -0.494 e. The van der Waals surface area contributed by atoms with Crippen LogP contribution >= 0.6 is 15.9 Å². The Labute approximate surface area is 160 Å². The number of benzene rings is 2.